The zero-order valence-electron chi connectivity index (χ0n) is 7.58. The van der Waals surface area contributed by atoms with Gasteiger partial charge in [0.2, 0.25) is 0 Å². The van der Waals surface area contributed by atoms with Crippen molar-refractivity contribution in [2.75, 3.05) is 7.11 Å². The summed E-state index contributed by atoms with van der Waals surface area (Å²) in [5.74, 6) is 0. The third-order valence-electron chi connectivity index (χ3n) is 1.39. The zero-order valence-corrected chi connectivity index (χ0v) is 8.40. The molecule has 1 aromatic rings. The van der Waals surface area contributed by atoms with Crippen molar-refractivity contribution in [3.63, 3.8) is 0 Å². The Morgan fingerprint density at radius 2 is 1.86 bits per heavy atom. The second kappa shape index (κ2) is 4.90. The lowest BCUT2D eigenvalue weighted by molar-refractivity contribution is -0.170. The molecule has 0 aliphatic rings. The Bertz CT molecular complexity index is 394. The lowest BCUT2D eigenvalue weighted by atomic mass is 10.2. The fourth-order valence-corrected chi connectivity index (χ4v) is 1.40. The van der Waals surface area contributed by atoms with Crippen molar-refractivity contribution in [3.05, 3.63) is 41.3 Å². The Hall–Kier alpha value is -1.17. The highest BCUT2D eigenvalue weighted by Crippen LogP contribution is 2.04. The average molecular weight is 214 g/mol. The first kappa shape index (κ1) is 10.9. The maximum Gasteiger partial charge on any atom is 0.316 e. The van der Waals surface area contributed by atoms with Gasteiger partial charge in [-0.3, -0.25) is 0 Å². The van der Waals surface area contributed by atoms with Crippen molar-refractivity contribution in [1.82, 2.24) is 0 Å². The first-order valence-corrected chi connectivity index (χ1v) is 5.31. The summed E-state index contributed by atoms with van der Waals surface area (Å²) in [6, 6.07) is 9.02. The van der Waals surface area contributed by atoms with Gasteiger partial charge in [0.15, 0.2) is 0 Å². The topological polar surface area (TPSA) is 52.6 Å². The normalized spacial score (nSPS) is 12.1. The minimum atomic E-state index is -3.73. The van der Waals surface area contributed by atoms with E-state index in [0.717, 1.165) is 18.1 Å². The highest BCUT2D eigenvalue weighted by atomic mass is 32.2. The zero-order chi connectivity index (χ0) is 10.4. The summed E-state index contributed by atoms with van der Waals surface area (Å²) >= 11 is 0. The van der Waals surface area contributed by atoms with Crippen LogP contribution in [0.4, 0.5) is 0 Å². The molecule has 0 N–H and O–H groups in total. The van der Waals surface area contributed by atoms with Gasteiger partial charge in [-0.2, -0.15) is 8.42 Å². The van der Waals surface area contributed by atoms with E-state index in [4.69, 9.17) is 0 Å². The van der Waals surface area contributed by atoms with Gasteiger partial charge in [-0.25, -0.2) is 4.89 Å². The van der Waals surface area contributed by atoms with Crippen LogP contribution < -0.4 is 0 Å². The van der Waals surface area contributed by atoms with E-state index in [9.17, 15) is 8.42 Å². The Morgan fingerprint density at radius 1 is 1.21 bits per heavy atom. The van der Waals surface area contributed by atoms with Gasteiger partial charge in [0.25, 0.3) is 0 Å². The van der Waals surface area contributed by atoms with Crippen LogP contribution in [0.3, 0.4) is 0 Å². The summed E-state index contributed by atoms with van der Waals surface area (Å²) in [5, 5.41) is 0.936. The molecule has 0 heterocycles. The fourth-order valence-electron chi connectivity index (χ4n) is 0.844. The van der Waals surface area contributed by atoms with E-state index in [1.807, 2.05) is 18.2 Å². The molecule has 0 fully saturated rings. The van der Waals surface area contributed by atoms with Crippen LogP contribution in [-0.2, 0) is 19.3 Å². The summed E-state index contributed by atoms with van der Waals surface area (Å²) in [5.41, 5.74) is 0.774. The minimum absolute atomic E-state index is 0.774. The van der Waals surface area contributed by atoms with E-state index in [1.165, 1.54) is 6.08 Å². The molecule has 0 amide bonds. The number of benzene rings is 1. The molecule has 5 heteroatoms. The average Bonchev–Trinajstić information content (AvgIpc) is 2.17. The molecule has 0 aliphatic carbocycles. The van der Waals surface area contributed by atoms with Gasteiger partial charge in [0, 0.05) is 0 Å². The third-order valence-corrected chi connectivity index (χ3v) is 2.18. The molecular weight excluding hydrogens is 204 g/mol. The van der Waals surface area contributed by atoms with Crippen LogP contribution in [0.25, 0.3) is 6.08 Å². The third kappa shape index (κ3) is 3.69. The van der Waals surface area contributed by atoms with E-state index in [2.05, 4.69) is 9.22 Å². The van der Waals surface area contributed by atoms with E-state index in [1.54, 1.807) is 12.1 Å². The molecule has 0 radical (unpaired) electrons. The first-order valence-electron chi connectivity index (χ1n) is 3.84. The van der Waals surface area contributed by atoms with Gasteiger partial charge < -0.3 is 0 Å². The maximum absolute atomic E-state index is 11.0. The molecule has 1 aromatic carbocycles. The number of hydrogen-bond donors (Lipinski definition) is 0. The van der Waals surface area contributed by atoms with Crippen LogP contribution in [0.1, 0.15) is 5.56 Å². The fraction of sp³-hybridized carbons (Fsp3) is 0.111. The highest BCUT2D eigenvalue weighted by molar-refractivity contribution is 7.89. The number of rotatable bonds is 4. The Balaban J connectivity index is 2.74. The predicted molar refractivity (Wildman–Crippen MR) is 52.5 cm³/mol. The second-order valence-electron chi connectivity index (χ2n) is 2.44. The molecule has 0 atom stereocenters. The van der Waals surface area contributed by atoms with Crippen molar-refractivity contribution in [2.45, 2.75) is 0 Å². The molecule has 0 aliphatic heterocycles. The van der Waals surface area contributed by atoms with Gasteiger partial charge in [-0.05, 0) is 11.6 Å². The van der Waals surface area contributed by atoms with Crippen LogP contribution in [0.15, 0.2) is 35.7 Å². The molecule has 0 saturated heterocycles. The Morgan fingerprint density at radius 3 is 2.43 bits per heavy atom. The largest absolute Gasteiger partial charge is 0.316 e. The van der Waals surface area contributed by atoms with E-state index in [0.29, 0.717) is 0 Å². The van der Waals surface area contributed by atoms with Crippen molar-refractivity contribution >= 4 is 16.2 Å². The second-order valence-corrected chi connectivity index (χ2v) is 3.83. The van der Waals surface area contributed by atoms with Gasteiger partial charge in [0.05, 0.1) is 12.5 Å². The van der Waals surface area contributed by atoms with E-state index >= 15 is 0 Å². The Kier molecular flexibility index (Phi) is 3.82. The van der Waals surface area contributed by atoms with Crippen LogP contribution in [0, 0.1) is 0 Å². The molecule has 14 heavy (non-hydrogen) atoms. The molecule has 0 bridgehead atoms. The van der Waals surface area contributed by atoms with Crippen molar-refractivity contribution in [2.24, 2.45) is 0 Å². The standard InChI is InChI=1S/C9H10O4S/c1-12-13-14(10,11)8-7-9-5-3-2-4-6-9/h2-8H,1H3. The van der Waals surface area contributed by atoms with Crippen LogP contribution >= 0.6 is 0 Å². The SMILES string of the molecule is COOS(=O)(=O)C=Cc1ccccc1. The molecular formula is C9H10O4S. The summed E-state index contributed by atoms with van der Waals surface area (Å²) in [6.45, 7) is 0. The Labute approximate surface area is 82.8 Å². The molecule has 1 rings (SSSR count). The maximum atomic E-state index is 11.0. The van der Waals surface area contributed by atoms with Crippen molar-refractivity contribution in [3.8, 4) is 0 Å². The lowest BCUT2D eigenvalue weighted by Gasteiger charge is -1.94. The highest BCUT2D eigenvalue weighted by Gasteiger charge is 2.04. The monoisotopic (exact) mass is 214 g/mol. The van der Waals surface area contributed by atoms with E-state index < -0.39 is 10.1 Å². The van der Waals surface area contributed by atoms with Gasteiger partial charge in [-0.1, -0.05) is 30.3 Å². The summed E-state index contributed by atoms with van der Waals surface area (Å²) in [4.78, 5) is 4.06. The number of hydrogen-bond acceptors (Lipinski definition) is 4. The summed E-state index contributed by atoms with van der Waals surface area (Å²) in [7, 11) is -2.60. The molecule has 0 spiro atoms. The van der Waals surface area contributed by atoms with Gasteiger partial charge in [-0.15, -0.1) is 4.33 Å². The molecule has 0 unspecified atom stereocenters. The summed E-state index contributed by atoms with van der Waals surface area (Å²) in [6.07, 6.45) is 1.42. The summed E-state index contributed by atoms with van der Waals surface area (Å²) < 4.78 is 26.0. The predicted octanol–water partition coefficient (Wildman–Crippen LogP) is 1.57. The van der Waals surface area contributed by atoms with Crippen molar-refractivity contribution < 1.29 is 17.6 Å². The molecule has 76 valence electrons. The van der Waals surface area contributed by atoms with Gasteiger partial charge >= 0.3 is 10.1 Å². The molecule has 4 nitrogen and oxygen atoms in total. The van der Waals surface area contributed by atoms with Crippen LogP contribution in [-0.4, -0.2) is 15.5 Å². The van der Waals surface area contributed by atoms with Gasteiger partial charge in [0.1, 0.15) is 0 Å². The quantitative estimate of drug-likeness (QED) is 0.564. The smallest absolute Gasteiger partial charge is 0.223 e. The minimum Gasteiger partial charge on any atom is -0.223 e. The first-order chi connectivity index (χ1) is 6.64. The molecule has 0 saturated carbocycles. The van der Waals surface area contributed by atoms with E-state index in [-0.39, 0.29) is 0 Å². The van der Waals surface area contributed by atoms with Crippen LogP contribution in [0.2, 0.25) is 0 Å². The van der Waals surface area contributed by atoms with Crippen molar-refractivity contribution in [1.29, 1.82) is 0 Å². The molecule has 0 aromatic heterocycles. The lowest BCUT2D eigenvalue weighted by Crippen LogP contribution is -1.99. The van der Waals surface area contributed by atoms with Crippen LogP contribution in [0.5, 0.6) is 0 Å².